The molecule has 37 heavy (non-hydrogen) atoms. The van der Waals surface area contributed by atoms with Crippen LogP contribution in [0.1, 0.15) is 39.3 Å². The normalized spacial score (nSPS) is 16.5. The first kappa shape index (κ1) is 23.4. The Kier molecular flexibility index (Phi) is 6.21. The van der Waals surface area contributed by atoms with Gasteiger partial charge in [-0.3, -0.25) is 18.8 Å². The van der Waals surface area contributed by atoms with Gasteiger partial charge in [0.05, 0.1) is 12.2 Å². The van der Waals surface area contributed by atoms with Crippen LogP contribution in [0.25, 0.3) is 4.96 Å². The van der Waals surface area contributed by atoms with E-state index in [0.717, 1.165) is 36.9 Å². The molecule has 6 rings (SSSR count). The Morgan fingerprint density at radius 2 is 1.84 bits per heavy atom. The molecule has 1 N–H and O–H groups in total. The van der Waals surface area contributed by atoms with Gasteiger partial charge in [0.25, 0.3) is 17.4 Å². The van der Waals surface area contributed by atoms with Crippen molar-refractivity contribution in [2.75, 3.05) is 18.0 Å². The summed E-state index contributed by atoms with van der Waals surface area (Å²) in [7, 11) is 0. The monoisotopic (exact) mass is 514 g/mol. The van der Waals surface area contributed by atoms with Gasteiger partial charge in [-0.15, -0.1) is 11.3 Å². The molecule has 1 aliphatic heterocycles. The molecule has 2 aromatic carbocycles. The standard InChI is InChI=1S/C28H26N4O4S/c33-25(29-15-14-18-8-2-1-3-9-18)23-17-31(20-10-4-6-12-22(20)36-23)26(34)19-16-30-28-32(27(19)35)21-11-5-7-13-24(21)37-28/h1-4,6,8-10,12,16,23H,5,7,11,13-15,17H2,(H,29,33)/t23-/m1/s1. The third-order valence-corrected chi connectivity index (χ3v) is 8.06. The number of hydrogen-bond donors (Lipinski definition) is 1. The van der Waals surface area contributed by atoms with E-state index in [9.17, 15) is 14.4 Å². The molecule has 1 atom stereocenters. The Labute approximate surface area is 217 Å². The van der Waals surface area contributed by atoms with Crippen LogP contribution in [0.5, 0.6) is 5.75 Å². The molecule has 9 heteroatoms. The molecule has 0 fully saturated rings. The number of nitrogens with zero attached hydrogens (tertiary/aromatic N) is 3. The largest absolute Gasteiger partial charge is 0.477 e. The number of aromatic nitrogens is 2. The number of benzene rings is 2. The van der Waals surface area contributed by atoms with Crippen LogP contribution < -0.4 is 20.5 Å². The number of ether oxygens (including phenoxy) is 1. The molecule has 1 aliphatic carbocycles. The molecular formula is C28H26N4O4S. The average Bonchev–Trinajstić information content (AvgIpc) is 3.32. The number of amides is 2. The summed E-state index contributed by atoms with van der Waals surface area (Å²) >= 11 is 1.52. The lowest BCUT2D eigenvalue weighted by molar-refractivity contribution is -0.127. The molecule has 2 aromatic heterocycles. The molecule has 0 spiro atoms. The van der Waals surface area contributed by atoms with Gasteiger partial charge in [0.15, 0.2) is 11.1 Å². The Hall–Kier alpha value is -3.98. The molecule has 188 valence electrons. The third kappa shape index (κ3) is 4.40. The van der Waals surface area contributed by atoms with Gasteiger partial charge in [-0.1, -0.05) is 42.5 Å². The first-order valence-corrected chi connectivity index (χ1v) is 13.3. The number of rotatable bonds is 5. The summed E-state index contributed by atoms with van der Waals surface area (Å²) in [6.07, 6.45) is 5.01. The Bertz CT molecular complexity index is 1550. The van der Waals surface area contributed by atoms with Crippen molar-refractivity contribution < 1.29 is 14.3 Å². The summed E-state index contributed by atoms with van der Waals surface area (Å²) in [6, 6.07) is 17.0. The van der Waals surface area contributed by atoms with Gasteiger partial charge in [-0.2, -0.15) is 0 Å². The van der Waals surface area contributed by atoms with Gasteiger partial charge in [-0.25, -0.2) is 4.98 Å². The van der Waals surface area contributed by atoms with Gasteiger partial charge in [-0.05, 0) is 49.8 Å². The highest BCUT2D eigenvalue weighted by atomic mass is 32.1. The smallest absolute Gasteiger partial charge is 0.271 e. The summed E-state index contributed by atoms with van der Waals surface area (Å²) < 4.78 is 7.58. The zero-order valence-corrected chi connectivity index (χ0v) is 21.0. The summed E-state index contributed by atoms with van der Waals surface area (Å²) in [4.78, 5) is 48.0. The maximum absolute atomic E-state index is 13.8. The number of carbonyl (C=O) groups is 2. The number of aryl methyl sites for hydroxylation is 2. The second-order valence-corrected chi connectivity index (χ2v) is 10.4. The van der Waals surface area contributed by atoms with Crippen LogP contribution >= 0.6 is 11.3 Å². The number of hydrogen-bond acceptors (Lipinski definition) is 6. The van der Waals surface area contributed by atoms with Crippen molar-refractivity contribution in [2.45, 2.75) is 38.2 Å². The first-order chi connectivity index (χ1) is 18.1. The van der Waals surface area contributed by atoms with Crippen LogP contribution in [0.2, 0.25) is 0 Å². The number of anilines is 1. The molecule has 4 aromatic rings. The molecule has 3 heterocycles. The van der Waals surface area contributed by atoms with Crippen LogP contribution in [0.15, 0.2) is 65.6 Å². The van der Waals surface area contributed by atoms with Crippen molar-refractivity contribution in [3.63, 3.8) is 0 Å². The van der Waals surface area contributed by atoms with Crippen molar-refractivity contribution in [3.05, 3.63) is 92.8 Å². The Balaban J connectivity index is 1.27. The number of nitrogens with one attached hydrogen (secondary N) is 1. The van der Waals surface area contributed by atoms with E-state index < -0.39 is 12.0 Å². The minimum atomic E-state index is -0.900. The highest BCUT2D eigenvalue weighted by Crippen LogP contribution is 2.34. The minimum absolute atomic E-state index is 0.00307. The number of fused-ring (bicyclic) bond motifs is 4. The quantitative estimate of drug-likeness (QED) is 0.441. The molecule has 2 amide bonds. The zero-order valence-electron chi connectivity index (χ0n) is 20.2. The topological polar surface area (TPSA) is 93.0 Å². The van der Waals surface area contributed by atoms with E-state index >= 15 is 0 Å². The van der Waals surface area contributed by atoms with E-state index in [0.29, 0.717) is 29.4 Å². The van der Waals surface area contributed by atoms with Crippen molar-refractivity contribution in [2.24, 2.45) is 0 Å². The van der Waals surface area contributed by atoms with Gasteiger partial charge >= 0.3 is 0 Å². The van der Waals surface area contributed by atoms with Gasteiger partial charge in [0.1, 0.15) is 11.3 Å². The van der Waals surface area contributed by atoms with Crippen LogP contribution in [0.3, 0.4) is 0 Å². The van der Waals surface area contributed by atoms with Gasteiger partial charge in [0, 0.05) is 23.3 Å². The molecule has 2 aliphatic rings. The molecule has 0 unspecified atom stereocenters. The Morgan fingerprint density at radius 3 is 2.70 bits per heavy atom. The zero-order chi connectivity index (χ0) is 25.4. The number of thiazole rings is 1. The fourth-order valence-corrected chi connectivity index (χ4v) is 6.18. The highest BCUT2D eigenvalue weighted by Gasteiger charge is 2.35. The first-order valence-electron chi connectivity index (χ1n) is 12.5. The van der Waals surface area contributed by atoms with E-state index in [-0.39, 0.29) is 23.6 Å². The van der Waals surface area contributed by atoms with E-state index in [4.69, 9.17) is 4.74 Å². The molecule has 8 nitrogen and oxygen atoms in total. The summed E-state index contributed by atoms with van der Waals surface area (Å²) in [5.41, 5.74) is 2.24. The SMILES string of the molecule is O=C(NCCc1ccccc1)[C@H]1CN(C(=O)c2cnc3sc4c(n3c2=O)CCCC4)c2ccccc2O1. The fraction of sp³-hybridized carbons (Fsp3) is 0.286. The van der Waals surface area contributed by atoms with Crippen molar-refractivity contribution in [1.29, 1.82) is 0 Å². The van der Waals surface area contributed by atoms with Gasteiger partial charge in [0.2, 0.25) is 0 Å². The molecular weight excluding hydrogens is 488 g/mol. The van der Waals surface area contributed by atoms with Crippen LogP contribution in [0, 0.1) is 0 Å². The molecule has 0 bridgehead atoms. The molecule has 0 saturated heterocycles. The van der Waals surface area contributed by atoms with Crippen molar-refractivity contribution in [3.8, 4) is 5.75 Å². The second kappa shape index (κ2) is 9.82. The van der Waals surface area contributed by atoms with Crippen LogP contribution in [0.4, 0.5) is 5.69 Å². The summed E-state index contributed by atoms with van der Waals surface area (Å²) in [5, 5.41) is 2.92. The van der Waals surface area contributed by atoms with Gasteiger partial charge < -0.3 is 15.0 Å². The lowest BCUT2D eigenvalue weighted by atomic mass is 10.0. The minimum Gasteiger partial charge on any atom is -0.477 e. The van der Waals surface area contributed by atoms with Crippen molar-refractivity contribution in [1.82, 2.24) is 14.7 Å². The fourth-order valence-electron chi connectivity index (χ4n) is 5.01. The summed E-state index contributed by atoms with van der Waals surface area (Å²) in [5.74, 6) is -0.367. The lowest BCUT2D eigenvalue weighted by Gasteiger charge is -2.34. The average molecular weight is 515 g/mol. The van der Waals surface area contributed by atoms with E-state index in [1.165, 1.54) is 27.3 Å². The predicted molar refractivity (Wildman–Crippen MR) is 142 cm³/mol. The maximum Gasteiger partial charge on any atom is 0.271 e. The maximum atomic E-state index is 13.8. The van der Waals surface area contributed by atoms with Crippen LogP contribution in [-0.2, 0) is 24.1 Å². The van der Waals surface area contributed by atoms with Crippen molar-refractivity contribution >= 4 is 33.8 Å². The predicted octanol–water partition coefficient (Wildman–Crippen LogP) is 3.40. The summed E-state index contributed by atoms with van der Waals surface area (Å²) in [6.45, 7) is 0.445. The van der Waals surface area contributed by atoms with Crippen LogP contribution in [-0.4, -0.2) is 40.4 Å². The van der Waals surface area contributed by atoms with E-state index in [1.54, 1.807) is 28.7 Å². The number of carbonyl (C=O) groups excluding carboxylic acids is 2. The number of para-hydroxylation sites is 2. The van der Waals surface area contributed by atoms with E-state index in [1.807, 2.05) is 30.3 Å². The second-order valence-electron chi connectivity index (χ2n) is 9.29. The Morgan fingerprint density at radius 1 is 1.05 bits per heavy atom. The lowest BCUT2D eigenvalue weighted by Crippen LogP contribution is -2.51. The molecule has 0 radical (unpaired) electrons. The molecule has 0 saturated carbocycles. The highest BCUT2D eigenvalue weighted by molar-refractivity contribution is 7.17. The third-order valence-electron chi connectivity index (χ3n) is 6.90. The van der Waals surface area contributed by atoms with E-state index in [2.05, 4.69) is 10.3 Å².